The van der Waals surface area contributed by atoms with E-state index in [1.165, 1.54) is 27.0 Å². The Morgan fingerprint density at radius 2 is 1.92 bits per heavy atom. The largest absolute Gasteiger partial charge is 0.354 e. The van der Waals surface area contributed by atoms with Crippen LogP contribution >= 0.6 is 38.6 Å². The predicted molar refractivity (Wildman–Crippen MR) is 103 cm³/mol. The molecule has 4 nitrogen and oxygen atoms in total. The second kappa shape index (κ2) is 7.92. The number of fused-ring (bicyclic) bond motifs is 1. The number of halogens is 1. The van der Waals surface area contributed by atoms with Gasteiger partial charge in [-0.25, -0.2) is 0 Å². The van der Waals surface area contributed by atoms with E-state index >= 15 is 0 Å². The number of nitrogens with one attached hydrogen (secondary N) is 2. The number of carbonyl (C=O) groups is 2. The minimum atomic E-state index is -0.232. The second-order valence-corrected chi connectivity index (χ2v) is 8.52. The van der Waals surface area contributed by atoms with Gasteiger partial charge in [0, 0.05) is 11.2 Å². The lowest BCUT2D eigenvalue weighted by atomic mass is 10.1. The number of hydrogen-bond acceptors (Lipinski definition) is 4. The smallest absolute Gasteiger partial charge is 0.261 e. The molecule has 2 heterocycles. The van der Waals surface area contributed by atoms with Gasteiger partial charge in [-0.05, 0) is 56.9 Å². The Labute approximate surface area is 156 Å². The first-order valence-electron chi connectivity index (χ1n) is 7.39. The van der Waals surface area contributed by atoms with Crippen LogP contribution in [0.3, 0.4) is 0 Å². The molecule has 0 saturated carbocycles. The molecule has 3 aromatic rings. The van der Waals surface area contributed by atoms with Gasteiger partial charge >= 0.3 is 0 Å². The van der Waals surface area contributed by atoms with Crippen molar-refractivity contribution < 1.29 is 9.59 Å². The quantitative estimate of drug-likeness (QED) is 0.634. The fraction of sp³-hybridized carbons (Fsp3) is 0.176. The van der Waals surface area contributed by atoms with Gasteiger partial charge in [0.25, 0.3) is 5.91 Å². The number of rotatable bonds is 6. The molecule has 3 rings (SSSR count). The molecule has 0 bridgehead atoms. The maximum Gasteiger partial charge on any atom is 0.261 e. The van der Waals surface area contributed by atoms with Crippen molar-refractivity contribution in [2.75, 3.05) is 13.1 Å². The van der Waals surface area contributed by atoms with Crippen molar-refractivity contribution in [2.45, 2.75) is 6.42 Å². The molecule has 0 fully saturated rings. The highest BCUT2D eigenvalue weighted by molar-refractivity contribution is 9.11. The number of benzene rings is 1. The minimum absolute atomic E-state index is 0.0151. The Balaban J connectivity index is 1.43. The zero-order valence-electron chi connectivity index (χ0n) is 12.7. The lowest BCUT2D eigenvalue weighted by Crippen LogP contribution is -2.37. The summed E-state index contributed by atoms with van der Waals surface area (Å²) in [6.07, 6.45) is 0.779. The van der Waals surface area contributed by atoms with Crippen LogP contribution in [0.2, 0.25) is 0 Å². The Morgan fingerprint density at radius 1 is 1.08 bits per heavy atom. The third-order valence-electron chi connectivity index (χ3n) is 3.48. The number of carbonyl (C=O) groups excluding carboxylic acids is 2. The molecule has 0 spiro atoms. The number of amides is 2. The number of hydrogen-bond donors (Lipinski definition) is 2. The number of thiophene rings is 2. The van der Waals surface area contributed by atoms with Crippen LogP contribution in [-0.4, -0.2) is 24.9 Å². The molecule has 0 aliphatic rings. The summed E-state index contributed by atoms with van der Waals surface area (Å²) in [5.74, 6) is -0.414. The Kier molecular flexibility index (Phi) is 5.65. The second-order valence-electron chi connectivity index (χ2n) is 5.14. The molecule has 1 aromatic carbocycles. The summed E-state index contributed by atoms with van der Waals surface area (Å²) >= 11 is 6.36. The van der Waals surface area contributed by atoms with Crippen LogP contribution in [0.15, 0.2) is 45.6 Å². The van der Waals surface area contributed by atoms with E-state index in [-0.39, 0.29) is 18.4 Å². The van der Waals surface area contributed by atoms with Crippen molar-refractivity contribution in [1.29, 1.82) is 0 Å². The lowest BCUT2D eigenvalue weighted by molar-refractivity contribution is -0.120. The first-order chi connectivity index (χ1) is 11.6. The van der Waals surface area contributed by atoms with E-state index in [1.807, 2.05) is 18.2 Å². The van der Waals surface area contributed by atoms with Crippen molar-refractivity contribution >= 4 is 60.5 Å². The highest BCUT2D eigenvalue weighted by Crippen LogP contribution is 2.25. The van der Waals surface area contributed by atoms with Crippen LogP contribution in [0.5, 0.6) is 0 Å². The monoisotopic (exact) mass is 422 g/mol. The van der Waals surface area contributed by atoms with Crippen molar-refractivity contribution in [1.82, 2.24) is 10.6 Å². The molecule has 0 saturated heterocycles. The van der Waals surface area contributed by atoms with Gasteiger partial charge in [-0.1, -0.05) is 18.2 Å². The highest BCUT2D eigenvalue weighted by atomic mass is 79.9. The molecule has 124 valence electrons. The first kappa shape index (κ1) is 17.1. The topological polar surface area (TPSA) is 58.2 Å². The normalized spacial score (nSPS) is 10.7. The third kappa shape index (κ3) is 4.23. The van der Waals surface area contributed by atoms with Crippen LogP contribution in [0.1, 0.15) is 15.2 Å². The van der Waals surface area contributed by atoms with Gasteiger partial charge in [-0.15, -0.1) is 22.7 Å². The van der Waals surface area contributed by atoms with Gasteiger partial charge in [0.1, 0.15) is 0 Å². The van der Waals surface area contributed by atoms with E-state index in [0.29, 0.717) is 11.4 Å². The van der Waals surface area contributed by atoms with Gasteiger partial charge in [0.05, 0.1) is 15.2 Å². The van der Waals surface area contributed by atoms with Crippen LogP contribution in [0, 0.1) is 0 Å². The summed E-state index contributed by atoms with van der Waals surface area (Å²) in [6.45, 7) is 0.540. The molecule has 7 heteroatoms. The standard InChI is InChI=1S/C17H15BrN2O2S2/c18-15-6-5-14(24-15)17(22)20-9-16(21)19-8-7-11-10-23-13-4-2-1-3-12(11)13/h1-6,10H,7-9H2,(H,19,21)(H,20,22). The van der Waals surface area contributed by atoms with Crippen molar-refractivity contribution in [3.8, 4) is 0 Å². The van der Waals surface area contributed by atoms with E-state index in [9.17, 15) is 9.59 Å². The summed E-state index contributed by atoms with van der Waals surface area (Å²) in [4.78, 5) is 24.3. The molecular weight excluding hydrogens is 408 g/mol. The van der Waals surface area contributed by atoms with Gasteiger partial charge < -0.3 is 10.6 Å². The Bertz CT molecular complexity index is 872. The summed E-state index contributed by atoms with van der Waals surface area (Å²) in [7, 11) is 0. The average molecular weight is 423 g/mol. The van der Waals surface area contributed by atoms with Crippen LogP contribution in [0.4, 0.5) is 0 Å². The average Bonchev–Trinajstić information content (AvgIpc) is 3.19. The molecule has 0 unspecified atom stereocenters. The van der Waals surface area contributed by atoms with Crippen LogP contribution in [0.25, 0.3) is 10.1 Å². The molecule has 2 amide bonds. The first-order valence-corrected chi connectivity index (χ1v) is 9.88. The summed E-state index contributed by atoms with van der Waals surface area (Å²) in [6, 6.07) is 11.8. The van der Waals surface area contributed by atoms with Gasteiger partial charge in [0.15, 0.2) is 0 Å². The van der Waals surface area contributed by atoms with Gasteiger partial charge in [-0.3, -0.25) is 9.59 Å². The molecule has 2 aromatic heterocycles. The predicted octanol–water partition coefficient (Wildman–Crippen LogP) is 3.81. The van der Waals surface area contributed by atoms with E-state index in [1.54, 1.807) is 17.4 Å². The highest BCUT2D eigenvalue weighted by Gasteiger charge is 2.10. The summed E-state index contributed by atoms with van der Waals surface area (Å²) < 4.78 is 2.15. The van der Waals surface area contributed by atoms with E-state index in [0.717, 1.165) is 10.2 Å². The van der Waals surface area contributed by atoms with Gasteiger partial charge in [-0.2, -0.15) is 0 Å². The van der Waals surface area contributed by atoms with Gasteiger partial charge in [0.2, 0.25) is 5.91 Å². The minimum Gasteiger partial charge on any atom is -0.354 e. The molecular formula is C17H15BrN2O2S2. The van der Waals surface area contributed by atoms with E-state index < -0.39 is 0 Å². The zero-order chi connectivity index (χ0) is 16.9. The maximum atomic E-state index is 11.9. The molecule has 2 N–H and O–H groups in total. The fourth-order valence-corrected chi connectivity index (χ4v) is 4.61. The molecule has 24 heavy (non-hydrogen) atoms. The third-order valence-corrected chi connectivity index (χ3v) is 6.12. The SMILES string of the molecule is O=C(CNC(=O)c1ccc(Br)s1)NCCc1csc2ccccc12. The van der Waals surface area contributed by atoms with Crippen LogP contribution < -0.4 is 10.6 Å². The fourth-order valence-electron chi connectivity index (χ4n) is 2.31. The van der Waals surface area contributed by atoms with E-state index in [2.05, 4.69) is 44.1 Å². The van der Waals surface area contributed by atoms with Crippen LogP contribution in [-0.2, 0) is 11.2 Å². The molecule has 0 aliphatic carbocycles. The molecule has 0 aliphatic heterocycles. The summed E-state index contributed by atoms with van der Waals surface area (Å²) in [5, 5.41) is 8.84. The lowest BCUT2D eigenvalue weighted by Gasteiger charge is -2.06. The molecule has 0 atom stereocenters. The van der Waals surface area contributed by atoms with E-state index in [4.69, 9.17) is 0 Å². The Morgan fingerprint density at radius 3 is 2.71 bits per heavy atom. The van der Waals surface area contributed by atoms with Crippen molar-refractivity contribution in [2.24, 2.45) is 0 Å². The molecule has 0 radical (unpaired) electrons. The van der Waals surface area contributed by atoms with Crippen molar-refractivity contribution in [3.63, 3.8) is 0 Å². The summed E-state index contributed by atoms with van der Waals surface area (Å²) in [5.41, 5.74) is 1.24. The zero-order valence-corrected chi connectivity index (χ0v) is 15.9. The van der Waals surface area contributed by atoms with Crippen molar-refractivity contribution in [3.05, 3.63) is 56.0 Å². The Hall–Kier alpha value is -1.70. The maximum absolute atomic E-state index is 11.9.